The van der Waals surface area contributed by atoms with E-state index in [0.29, 0.717) is 0 Å². The fourth-order valence-electron chi connectivity index (χ4n) is 1.91. The lowest BCUT2D eigenvalue weighted by molar-refractivity contribution is 0.101. The molecule has 19 heavy (non-hydrogen) atoms. The van der Waals surface area contributed by atoms with Gasteiger partial charge in [0.05, 0.1) is 12.7 Å². The number of pyridine rings is 1. The smallest absolute Gasteiger partial charge is 0.261 e. The van der Waals surface area contributed by atoms with Crippen LogP contribution in [0.3, 0.4) is 0 Å². The summed E-state index contributed by atoms with van der Waals surface area (Å²) in [7, 11) is 3.25. The van der Waals surface area contributed by atoms with Crippen molar-refractivity contribution in [2.45, 2.75) is 6.92 Å². The van der Waals surface area contributed by atoms with Crippen LogP contribution < -0.4 is 10.3 Å². The van der Waals surface area contributed by atoms with E-state index in [9.17, 15) is 9.59 Å². The standard InChI is InChI=1S/C15H15NO3/c1-10(17)14-8-12(9-16(2)15(14)18)11-4-6-13(19-3)7-5-11/h4-9H,1-3H3. The SMILES string of the molecule is COc1ccc(-c2cc(C(C)=O)c(=O)n(C)c2)cc1. The van der Waals surface area contributed by atoms with Crippen LogP contribution in [-0.4, -0.2) is 17.5 Å². The quantitative estimate of drug-likeness (QED) is 0.792. The van der Waals surface area contributed by atoms with Crippen molar-refractivity contribution in [3.8, 4) is 16.9 Å². The molecular formula is C15H15NO3. The molecule has 0 bridgehead atoms. The van der Waals surface area contributed by atoms with Gasteiger partial charge in [-0.1, -0.05) is 12.1 Å². The summed E-state index contributed by atoms with van der Waals surface area (Å²) < 4.78 is 6.53. The zero-order chi connectivity index (χ0) is 14.0. The lowest BCUT2D eigenvalue weighted by Gasteiger charge is -2.08. The number of aryl methyl sites for hydroxylation is 1. The van der Waals surface area contributed by atoms with E-state index in [1.165, 1.54) is 11.5 Å². The molecule has 0 amide bonds. The average molecular weight is 257 g/mol. The molecule has 1 aromatic carbocycles. The van der Waals surface area contributed by atoms with E-state index < -0.39 is 0 Å². The maximum absolute atomic E-state index is 11.8. The minimum atomic E-state index is -0.273. The van der Waals surface area contributed by atoms with Gasteiger partial charge < -0.3 is 9.30 Å². The van der Waals surface area contributed by atoms with Crippen molar-refractivity contribution in [2.75, 3.05) is 7.11 Å². The van der Waals surface area contributed by atoms with E-state index in [1.54, 1.807) is 26.4 Å². The molecule has 0 fully saturated rings. The molecule has 2 aromatic rings. The van der Waals surface area contributed by atoms with Crippen LogP contribution in [0, 0.1) is 0 Å². The van der Waals surface area contributed by atoms with E-state index in [4.69, 9.17) is 4.74 Å². The van der Waals surface area contributed by atoms with Gasteiger partial charge in [-0.2, -0.15) is 0 Å². The second kappa shape index (κ2) is 5.10. The molecule has 0 N–H and O–H groups in total. The Morgan fingerprint density at radius 3 is 2.32 bits per heavy atom. The first-order chi connectivity index (χ1) is 9.02. The monoisotopic (exact) mass is 257 g/mol. The van der Waals surface area contributed by atoms with Gasteiger partial charge in [0.2, 0.25) is 0 Å². The van der Waals surface area contributed by atoms with Crippen LogP contribution in [0.1, 0.15) is 17.3 Å². The first-order valence-electron chi connectivity index (χ1n) is 5.89. The van der Waals surface area contributed by atoms with E-state index in [2.05, 4.69) is 0 Å². The Morgan fingerprint density at radius 1 is 1.16 bits per heavy atom. The average Bonchev–Trinajstić information content (AvgIpc) is 2.41. The van der Waals surface area contributed by atoms with Crippen LogP contribution in [0.4, 0.5) is 0 Å². The van der Waals surface area contributed by atoms with Gasteiger partial charge in [0, 0.05) is 13.2 Å². The maximum Gasteiger partial charge on any atom is 0.261 e. The summed E-state index contributed by atoms with van der Waals surface area (Å²) in [5, 5.41) is 0. The number of ether oxygens (including phenoxy) is 1. The number of rotatable bonds is 3. The number of Topliss-reactive ketones (excluding diaryl/α,β-unsaturated/α-hetero) is 1. The van der Waals surface area contributed by atoms with Gasteiger partial charge in [-0.15, -0.1) is 0 Å². The molecule has 0 unspecified atom stereocenters. The second-order valence-electron chi connectivity index (χ2n) is 4.34. The van der Waals surface area contributed by atoms with Gasteiger partial charge in [0.25, 0.3) is 5.56 Å². The first-order valence-corrected chi connectivity index (χ1v) is 5.89. The van der Waals surface area contributed by atoms with Gasteiger partial charge >= 0.3 is 0 Å². The zero-order valence-electron chi connectivity index (χ0n) is 11.1. The number of carbonyl (C=O) groups is 1. The van der Waals surface area contributed by atoms with Crippen molar-refractivity contribution >= 4 is 5.78 Å². The number of aromatic nitrogens is 1. The molecule has 0 radical (unpaired) electrons. The molecule has 0 saturated carbocycles. The highest BCUT2D eigenvalue weighted by molar-refractivity contribution is 5.94. The van der Waals surface area contributed by atoms with Gasteiger partial charge in [-0.3, -0.25) is 9.59 Å². The molecule has 0 atom stereocenters. The molecule has 1 aromatic heterocycles. The van der Waals surface area contributed by atoms with Crippen LogP contribution >= 0.6 is 0 Å². The normalized spacial score (nSPS) is 10.3. The Balaban J connectivity index is 2.56. The Kier molecular flexibility index (Phi) is 3.51. The Hall–Kier alpha value is -2.36. The van der Waals surface area contributed by atoms with Gasteiger partial charge in [0.15, 0.2) is 5.78 Å². The summed E-state index contributed by atoms with van der Waals surface area (Å²) in [6.07, 6.45) is 1.72. The summed E-state index contributed by atoms with van der Waals surface area (Å²) >= 11 is 0. The molecule has 4 heteroatoms. The van der Waals surface area contributed by atoms with Gasteiger partial charge in [-0.05, 0) is 36.2 Å². The number of methoxy groups -OCH3 is 1. The topological polar surface area (TPSA) is 48.3 Å². The van der Waals surface area contributed by atoms with Crippen LogP contribution in [0.5, 0.6) is 5.75 Å². The van der Waals surface area contributed by atoms with Crippen molar-refractivity contribution in [3.63, 3.8) is 0 Å². The highest BCUT2D eigenvalue weighted by atomic mass is 16.5. The molecule has 98 valence electrons. The highest BCUT2D eigenvalue weighted by Crippen LogP contribution is 2.22. The Labute approximate surface area is 111 Å². The van der Waals surface area contributed by atoms with Crippen molar-refractivity contribution < 1.29 is 9.53 Å². The first kappa shape index (κ1) is 13.1. The summed E-state index contributed by atoms with van der Waals surface area (Å²) in [6.45, 7) is 1.40. The third-order valence-corrected chi connectivity index (χ3v) is 2.99. The summed E-state index contributed by atoms with van der Waals surface area (Å²) in [5.41, 5.74) is 1.69. The molecule has 1 heterocycles. The Morgan fingerprint density at radius 2 is 1.79 bits per heavy atom. The lowest BCUT2D eigenvalue weighted by atomic mass is 10.0. The van der Waals surface area contributed by atoms with E-state index in [1.807, 2.05) is 24.3 Å². The van der Waals surface area contributed by atoms with Crippen molar-refractivity contribution in [1.29, 1.82) is 0 Å². The third-order valence-electron chi connectivity index (χ3n) is 2.99. The molecule has 0 aliphatic rings. The molecular weight excluding hydrogens is 242 g/mol. The van der Waals surface area contributed by atoms with Gasteiger partial charge in [-0.25, -0.2) is 0 Å². The highest BCUT2D eigenvalue weighted by Gasteiger charge is 2.10. The predicted octanol–water partition coefficient (Wildman–Crippen LogP) is 2.26. The minimum Gasteiger partial charge on any atom is -0.497 e. The van der Waals surface area contributed by atoms with E-state index in [-0.39, 0.29) is 16.9 Å². The zero-order valence-corrected chi connectivity index (χ0v) is 11.1. The molecule has 0 spiro atoms. The number of nitrogens with zero attached hydrogens (tertiary/aromatic N) is 1. The number of ketones is 1. The van der Waals surface area contributed by atoms with Crippen LogP contribution in [-0.2, 0) is 7.05 Å². The largest absolute Gasteiger partial charge is 0.497 e. The van der Waals surface area contributed by atoms with Crippen LogP contribution in [0.15, 0.2) is 41.3 Å². The maximum atomic E-state index is 11.8. The van der Waals surface area contributed by atoms with Crippen LogP contribution in [0.25, 0.3) is 11.1 Å². The molecule has 0 aliphatic carbocycles. The lowest BCUT2D eigenvalue weighted by Crippen LogP contribution is -2.22. The van der Waals surface area contributed by atoms with Crippen LogP contribution in [0.2, 0.25) is 0 Å². The van der Waals surface area contributed by atoms with E-state index >= 15 is 0 Å². The van der Waals surface area contributed by atoms with Crippen molar-refractivity contribution in [3.05, 3.63) is 52.4 Å². The Bertz CT molecular complexity index is 669. The molecule has 4 nitrogen and oxygen atoms in total. The molecule has 0 saturated heterocycles. The molecule has 0 aliphatic heterocycles. The number of hydrogen-bond donors (Lipinski definition) is 0. The minimum absolute atomic E-state index is 0.204. The van der Waals surface area contributed by atoms with E-state index in [0.717, 1.165) is 16.9 Å². The third kappa shape index (κ3) is 2.57. The fourth-order valence-corrected chi connectivity index (χ4v) is 1.91. The molecule has 2 rings (SSSR count). The number of carbonyl (C=O) groups excluding carboxylic acids is 1. The van der Waals surface area contributed by atoms with Gasteiger partial charge in [0.1, 0.15) is 5.75 Å². The second-order valence-corrected chi connectivity index (χ2v) is 4.34. The predicted molar refractivity (Wildman–Crippen MR) is 73.7 cm³/mol. The number of hydrogen-bond acceptors (Lipinski definition) is 3. The fraction of sp³-hybridized carbons (Fsp3) is 0.200. The summed E-state index contributed by atoms with van der Waals surface area (Å²) in [4.78, 5) is 23.3. The summed E-state index contributed by atoms with van der Waals surface area (Å²) in [5.74, 6) is 0.538. The van der Waals surface area contributed by atoms with Crippen molar-refractivity contribution in [2.24, 2.45) is 7.05 Å². The van der Waals surface area contributed by atoms with Crippen molar-refractivity contribution in [1.82, 2.24) is 4.57 Å². The number of benzene rings is 1. The summed E-state index contributed by atoms with van der Waals surface area (Å²) in [6, 6.07) is 9.10.